The smallest absolute Gasteiger partial charge is 0.215 e. The van der Waals surface area contributed by atoms with Crippen molar-refractivity contribution in [3.63, 3.8) is 0 Å². The zero-order valence-corrected chi connectivity index (χ0v) is 9.88. The Kier molecular flexibility index (Phi) is 2.21. The molecular weight excluding hydrogens is 222 g/mol. The van der Waals surface area contributed by atoms with Gasteiger partial charge in [0.1, 0.15) is 0 Å². The van der Waals surface area contributed by atoms with Gasteiger partial charge in [-0.3, -0.25) is 0 Å². The molecule has 0 amide bonds. The van der Waals surface area contributed by atoms with E-state index in [1.54, 1.807) is 7.11 Å². The molecule has 0 aromatic carbocycles. The lowest BCUT2D eigenvalue weighted by Gasteiger charge is -2.03. The normalized spacial score (nSPS) is 15.6. The maximum atomic E-state index is 5.31. The minimum Gasteiger partial charge on any atom is -0.481 e. The molecule has 1 aliphatic rings. The van der Waals surface area contributed by atoms with E-state index in [2.05, 4.69) is 14.5 Å². The molecule has 2 aromatic rings. The van der Waals surface area contributed by atoms with Gasteiger partial charge in [-0.2, -0.15) is 4.98 Å². The van der Waals surface area contributed by atoms with Crippen LogP contribution >= 0.6 is 12.2 Å². The summed E-state index contributed by atoms with van der Waals surface area (Å²) < 4.78 is 7.96. The number of rotatable bonds is 3. The molecule has 1 saturated carbocycles. The number of pyridine rings is 1. The topological polar surface area (TPSA) is 42.8 Å². The Morgan fingerprint density at radius 3 is 3.06 bits per heavy atom. The largest absolute Gasteiger partial charge is 0.481 e. The van der Waals surface area contributed by atoms with E-state index < -0.39 is 0 Å². The molecular formula is C11H13N3OS. The first-order valence-corrected chi connectivity index (χ1v) is 5.82. The van der Waals surface area contributed by atoms with E-state index in [0.717, 1.165) is 28.4 Å². The highest BCUT2D eigenvalue weighted by atomic mass is 32.1. The molecule has 0 aliphatic heterocycles. The molecule has 2 aromatic heterocycles. The minimum atomic E-state index is 0.631. The molecule has 0 unspecified atom stereocenters. The second-order valence-corrected chi connectivity index (χ2v) is 4.60. The summed E-state index contributed by atoms with van der Waals surface area (Å²) in [5, 5.41) is 0. The van der Waals surface area contributed by atoms with Crippen LogP contribution in [0.4, 0.5) is 0 Å². The number of aromatic nitrogens is 3. The molecule has 16 heavy (non-hydrogen) atoms. The third kappa shape index (κ3) is 1.61. The van der Waals surface area contributed by atoms with Gasteiger partial charge >= 0.3 is 0 Å². The van der Waals surface area contributed by atoms with Gasteiger partial charge in [0.2, 0.25) is 5.88 Å². The number of nitrogens with one attached hydrogen (secondary N) is 1. The van der Waals surface area contributed by atoms with Gasteiger partial charge in [0.25, 0.3) is 0 Å². The highest BCUT2D eigenvalue weighted by Gasteiger charge is 2.23. The number of methoxy groups -OCH3 is 1. The molecule has 0 atom stereocenters. The number of aromatic amines is 1. The van der Waals surface area contributed by atoms with E-state index in [4.69, 9.17) is 17.0 Å². The van der Waals surface area contributed by atoms with Crippen LogP contribution in [0.2, 0.25) is 0 Å². The maximum absolute atomic E-state index is 5.31. The quantitative estimate of drug-likeness (QED) is 0.831. The summed E-state index contributed by atoms with van der Waals surface area (Å²) in [6, 6.07) is 3.80. The van der Waals surface area contributed by atoms with Gasteiger partial charge in [0.15, 0.2) is 10.4 Å². The van der Waals surface area contributed by atoms with Gasteiger partial charge in [-0.15, -0.1) is 0 Å². The fraction of sp³-hybridized carbons (Fsp3) is 0.455. The molecule has 4 nitrogen and oxygen atoms in total. The van der Waals surface area contributed by atoms with Gasteiger partial charge < -0.3 is 14.3 Å². The van der Waals surface area contributed by atoms with Crippen LogP contribution in [0.15, 0.2) is 12.1 Å². The standard InChI is InChI=1S/C11H13N3OS/c1-15-9-5-4-8-10(13-9)14(11(16)12-8)6-7-2-3-7/h4-5,7H,2-3,6H2,1H3,(H,12,16). The number of hydrogen-bond acceptors (Lipinski definition) is 3. The lowest BCUT2D eigenvalue weighted by atomic mass is 10.4. The van der Waals surface area contributed by atoms with E-state index in [0.29, 0.717) is 5.88 Å². The van der Waals surface area contributed by atoms with Crippen LogP contribution in [0.25, 0.3) is 11.2 Å². The average Bonchev–Trinajstić information content (AvgIpc) is 3.05. The first-order chi connectivity index (χ1) is 7.78. The summed E-state index contributed by atoms with van der Waals surface area (Å²) in [5.74, 6) is 1.41. The zero-order chi connectivity index (χ0) is 11.1. The SMILES string of the molecule is COc1ccc2[nH]c(=S)n(CC3CC3)c2n1. The molecule has 1 aliphatic carbocycles. The average molecular weight is 235 g/mol. The van der Waals surface area contributed by atoms with Gasteiger partial charge in [-0.25, -0.2) is 0 Å². The number of fused-ring (bicyclic) bond motifs is 1. The molecule has 0 radical (unpaired) electrons. The first-order valence-electron chi connectivity index (χ1n) is 5.41. The first kappa shape index (κ1) is 9.84. The van der Waals surface area contributed by atoms with Gasteiger partial charge in [-0.05, 0) is 37.0 Å². The van der Waals surface area contributed by atoms with Crippen LogP contribution < -0.4 is 4.74 Å². The Morgan fingerprint density at radius 2 is 2.38 bits per heavy atom. The Balaban J connectivity index is 2.15. The number of nitrogens with zero attached hydrogens (tertiary/aromatic N) is 2. The predicted molar refractivity (Wildman–Crippen MR) is 64.2 cm³/mol. The van der Waals surface area contributed by atoms with Crippen molar-refractivity contribution in [2.45, 2.75) is 19.4 Å². The number of H-pyrrole nitrogens is 1. The Morgan fingerprint density at radius 1 is 1.56 bits per heavy atom. The molecule has 1 N–H and O–H groups in total. The second kappa shape index (κ2) is 3.59. The molecule has 1 fully saturated rings. The summed E-state index contributed by atoms with van der Waals surface area (Å²) >= 11 is 5.31. The van der Waals surface area contributed by atoms with Crippen molar-refractivity contribution in [3.05, 3.63) is 16.9 Å². The van der Waals surface area contributed by atoms with Crippen LogP contribution in [0.1, 0.15) is 12.8 Å². The van der Waals surface area contributed by atoms with Crippen molar-refractivity contribution in [2.75, 3.05) is 7.11 Å². The van der Waals surface area contributed by atoms with E-state index in [1.165, 1.54) is 12.8 Å². The summed E-state index contributed by atoms with van der Waals surface area (Å²) in [6.07, 6.45) is 2.61. The van der Waals surface area contributed by atoms with E-state index in [-0.39, 0.29) is 0 Å². The molecule has 0 spiro atoms. The Hall–Kier alpha value is -1.36. The van der Waals surface area contributed by atoms with Crippen LogP contribution in [-0.4, -0.2) is 21.6 Å². The van der Waals surface area contributed by atoms with Crippen LogP contribution in [0.5, 0.6) is 5.88 Å². The van der Waals surface area contributed by atoms with Crippen molar-refractivity contribution < 1.29 is 4.74 Å². The lowest BCUT2D eigenvalue weighted by Crippen LogP contribution is -2.01. The highest BCUT2D eigenvalue weighted by molar-refractivity contribution is 7.71. The van der Waals surface area contributed by atoms with Gasteiger partial charge in [0.05, 0.1) is 12.6 Å². The number of hydrogen-bond donors (Lipinski definition) is 1. The monoisotopic (exact) mass is 235 g/mol. The van der Waals surface area contributed by atoms with Crippen molar-refractivity contribution in [1.82, 2.24) is 14.5 Å². The Bertz CT molecular complexity index is 582. The molecule has 0 saturated heterocycles. The summed E-state index contributed by atoms with van der Waals surface area (Å²) in [4.78, 5) is 7.61. The summed E-state index contributed by atoms with van der Waals surface area (Å²) in [7, 11) is 1.63. The number of imidazole rings is 1. The zero-order valence-electron chi connectivity index (χ0n) is 9.06. The second-order valence-electron chi connectivity index (χ2n) is 4.21. The van der Waals surface area contributed by atoms with E-state index >= 15 is 0 Å². The van der Waals surface area contributed by atoms with E-state index in [1.807, 2.05) is 12.1 Å². The molecule has 5 heteroatoms. The third-order valence-electron chi connectivity index (χ3n) is 2.94. The van der Waals surface area contributed by atoms with Crippen LogP contribution in [0, 0.1) is 10.7 Å². The number of ether oxygens (including phenoxy) is 1. The van der Waals surface area contributed by atoms with Gasteiger partial charge in [-0.1, -0.05) is 0 Å². The van der Waals surface area contributed by atoms with Crippen LogP contribution in [-0.2, 0) is 6.54 Å². The fourth-order valence-electron chi connectivity index (χ4n) is 1.85. The minimum absolute atomic E-state index is 0.631. The molecule has 84 valence electrons. The molecule has 0 bridgehead atoms. The maximum Gasteiger partial charge on any atom is 0.215 e. The molecule has 2 heterocycles. The fourth-order valence-corrected chi connectivity index (χ4v) is 2.13. The summed E-state index contributed by atoms with van der Waals surface area (Å²) in [6.45, 7) is 0.971. The van der Waals surface area contributed by atoms with Crippen LogP contribution in [0.3, 0.4) is 0 Å². The van der Waals surface area contributed by atoms with Crippen molar-refractivity contribution in [1.29, 1.82) is 0 Å². The van der Waals surface area contributed by atoms with Crippen molar-refractivity contribution >= 4 is 23.4 Å². The van der Waals surface area contributed by atoms with Crippen molar-refractivity contribution in [2.24, 2.45) is 5.92 Å². The predicted octanol–water partition coefficient (Wildman–Crippen LogP) is 2.51. The van der Waals surface area contributed by atoms with Gasteiger partial charge in [0, 0.05) is 12.6 Å². The Labute approximate surface area is 98.3 Å². The van der Waals surface area contributed by atoms with E-state index in [9.17, 15) is 0 Å². The van der Waals surface area contributed by atoms with Crippen molar-refractivity contribution in [3.8, 4) is 5.88 Å². The molecule has 3 rings (SSSR count). The summed E-state index contributed by atoms with van der Waals surface area (Å²) in [5.41, 5.74) is 1.88. The highest BCUT2D eigenvalue weighted by Crippen LogP contribution is 2.31. The lowest BCUT2D eigenvalue weighted by molar-refractivity contribution is 0.398. The third-order valence-corrected chi connectivity index (χ3v) is 3.26.